The molecule has 240 valence electrons. The molecule has 0 bridgehead atoms. The fourth-order valence-electron chi connectivity index (χ4n) is 4.81. The van der Waals surface area contributed by atoms with Gasteiger partial charge in [-0.25, -0.2) is 0 Å². The van der Waals surface area contributed by atoms with Crippen molar-refractivity contribution in [1.29, 1.82) is 0 Å². The Kier molecular flexibility index (Phi) is 11.3. The van der Waals surface area contributed by atoms with Crippen molar-refractivity contribution in [2.24, 2.45) is 0 Å². The molecule has 9 nitrogen and oxygen atoms in total. The minimum absolute atomic E-state index is 0.102. The third-order valence-corrected chi connectivity index (χ3v) is 10.5. The molecule has 0 saturated carbocycles. The number of methoxy groups -OCH3 is 3. The van der Waals surface area contributed by atoms with Gasteiger partial charge in [-0.1, -0.05) is 0 Å². The lowest BCUT2D eigenvalue weighted by molar-refractivity contribution is 0.240. The smallest absolute Gasteiger partial charge is 0.286 e. The highest BCUT2D eigenvalue weighted by Gasteiger charge is 2.24. The number of hydrogen-bond acceptors (Lipinski definition) is 9. The lowest BCUT2D eigenvalue weighted by Gasteiger charge is -2.18. The zero-order valence-corrected chi connectivity index (χ0v) is 29.6. The molecule has 1 aliphatic rings. The van der Waals surface area contributed by atoms with Crippen LogP contribution < -0.4 is 14.2 Å². The van der Waals surface area contributed by atoms with E-state index in [1.54, 1.807) is 63.6 Å². The van der Waals surface area contributed by atoms with Gasteiger partial charge in [0.1, 0.15) is 17.2 Å². The topological polar surface area (TPSA) is 88.6 Å². The van der Waals surface area contributed by atoms with Gasteiger partial charge in [0.05, 0.1) is 36.0 Å². The van der Waals surface area contributed by atoms with Crippen LogP contribution in [0.4, 0.5) is 14.4 Å². The standard InChI is InChI=1S/C33H39N3O6S3/c1-34(2)31(37)43-28-16-22-10-20-14-26(41-8)30(45-33(39)36(5)6)18-24(20)12-21-15-27(42-9)29(44-32(38)35(3)4)17-23(21)11-19(22)13-25(28)40-7/h13-18H,10-12H2,1-9H3. The molecular weight excluding hydrogens is 631 g/mol. The molecule has 1 aliphatic carbocycles. The van der Waals surface area contributed by atoms with Crippen LogP contribution in [0.5, 0.6) is 17.2 Å². The molecule has 0 aromatic heterocycles. The van der Waals surface area contributed by atoms with E-state index in [1.807, 2.05) is 36.4 Å². The molecule has 3 aromatic carbocycles. The maximum Gasteiger partial charge on any atom is 0.286 e. The number of thioether (sulfide) groups is 3. The van der Waals surface area contributed by atoms with Crippen molar-refractivity contribution in [3.63, 3.8) is 0 Å². The van der Waals surface area contributed by atoms with Gasteiger partial charge in [0.2, 0.25) is 0 Å². The van der Waals surface area contributed by atoms with Crippen LogP contribution in [0.2, 0.25) is 0 Å². The number of fused-ring (bicyclic) bond motifs is 3. The highest BCUT2D eigenvalue weighted by molar-refractivity contribution is 8.14. The molecule has 0 aliphatic heterocycles. The molecule has 4 rings (SSSR count). The molecule has 0 unspecified atom stereocenters. The van der Waals surface area contributed by atoms with Crippen molar-refractivity contribution < 1.29 is 28.6 Å². The van der Waals surface area contributed by atoms with Gasteiger partial charge in [0.25, 0.3) is 15.7 Å². The SMILES string of the molecule is COc1cc2c(cc1SC(=O)N(C)C)Cc1cc(OC)c(SC(=O)N(C)C)cc1Cc1cc(OC)c(SC(=O)N(C)C)cc1C2. The number of benzene rings is 3. The summed E-state index contributed by atoms with van der Waals surface area (Å²) < 4.78 is 17.3. The fraction of sp³-hybridized carbons (Fsp3) is 0.364. The monoisotopic (exact) mass is 669 g/mol. The second-order valence-corrected chi connectivity index (χ2v) is 14.1. The summed E-state index contributed by atoms with van der Waals surface area (Å²) >= 11 is 3.38. The predicted molar refractivity (Wildman–Crippen MR) is 182 cm³/mol. The van der Waals surface area contributed by atoms with Gasteiger partial charge >= 0.3 is 0 Å². The van der Waals surface area contributed by atoms with E-state index < -0.39 is 0 Å². The van der Waals surface area contributed by atoms with E-state index in [0.717, 1.165) is 83.4 Å². The molecule has 45 heavy (non-hydrogen) atoms. The third kappa shape index (κ3) is 8.03. The van der Waals surface area contributed by atoms with E-state index >= 15 is 0 Å². The maximum atomic E-state index is 12.7. The molecule has 0 heterocycles. The van der Waals surface area contributed by atoms with Gasteiger partial charge < -0.3 is 28.9 Å². The van der Waals surface area contributed by atoms with Gasteiger partial charge in [-0.15, -0.1) is 0 Å². The molecule has 0 atom stereocenters. The van der Waals surface area contributed by atoms with E-state index in [-0.39, 0.29) is 15.7 Å². The predicted octanol–water partition coefficient (Wildman–Crippen LogP) is 7.12. The fourth-order valence-corrected chi connectivity index (χ4v) is 7.25. The van der Waals surface area contributed by atoms with Crippen LogP contribution in [-0.2, 0) is 19.3 Å². The highest BCUT2D eigenvalue weighted by atomic mass is 32.2. The van der Waals surface area contributed by atoms with Gasteiger partial charge in [-0.2, -0.15) is 0 Å². The van der Waals surface area contributed by atoms with Crippen LogP contribution in [-0.4, -0.2) is 94.0 Å². The molecule has 0 saturated heterocycles. The van der Waals surface area contributed by atoms with E-state index in [4.69, 9.17) is 14.2 Å². The Labute approximate surface area is 277 Å². The van der Waals surface area contributed by atoms with Crippen molar-refractivity contribution >= 4 is 51.0 Å². The number of ether oxygens (including phenoxy) is 3. The zero-order valence-electron chi connectivity index (χ0n) is 27.1. The molecule has 0 spiro atoms. The summed E-state index contributed by atoms with van der Waals surface area (Å²) in [6.07, 6.45) is 1.73. The Morgan fingerprint density at radius 3 is 0.889 bits per heavy atom. The Hall–Kier alpha value is -3.48. The van der Waals surface area contributed by atoms with E-state index in [9.17, 15) is 14.4 Å². The van der Waals surface area contributed by atoms with Gasteiger partial charge in [-0.05, 0) is 124 Å². The van der Waals surface area contributed by atoms with Crippen LogP contribution in [0.1, 0.15) is 33.4 Å². The Morgan fingerprint density at radius 1 is 0.467 bits per heavy atom. The van der Waals surface area contributed by atoms with Gasteiger partial charge in [-0.3, -0.25) is 14.4 Å². The van der Waals surface area contributed by atoms with Crippen molar-refractivity contribution in [2.75, 3.05) is 63.6 Å². The lowest BCUT2D eigenvalue weighted by atomic mass is 9.94. The maximum absolute atomic E-state index is 12.7. The summed E-state index contributed by atoms with van der Waals surface area (Å²) in [5.74, 6) is 1.85. The van der Waals surface area contributed by atoms with Crippen LogP contribution in [0.25, 0.3) is 0 Å². The number of amides is 3. The van der Waals surface area contributed by atoms with Gasteiger partial charge in [0.15, 0.2) is 0 Å². The first kappa shape index (κ1) is 34.4. The number of carbonyl (C=O) groups excluding carboxylic acids is 3. The molecular formula is C33H39N3O6S3. The summed E-state index contributed by atoms with van der Waals surface area (Å²) in [5.41, 5.74) is 6.26. The lowest BCUT2D eigenvalue weighted by Crippen LogP contribution is -2.16. The highest BCUT2D eigenvalue weighted by Crippen LogP contribution is 2.42. The Bertz CT molecular complexity index is 1430. The first-order chi connectivity index (χ1) is 21.3. The molecule has 0 N–H and O–H groups in total. The van der Waals surface area contributed by atoms with Crippen LogP contribution in [0, 0.1) is 0 Å². The largest absolute Gasteiger partial charge is 0.496 e. The zero-order chi connectivity index (χ0) is 33.0. The third-order valence-electron chi connectivity index (χ3n) is 7.29. The average Bonchev–Trinajstić information content (AvgIpc) is 3.05. The first-order valence-electron chi connectivity index (χ1n) is 14.1. The van der Waals surface area contributed by atoms with E-state index in [2.05, 4.69) is 0 Å². The Balaban J connectivity index is 1.96. The summed E-state index contributed by atoms with van der Waals surface area (Å²) in [4.78, 5) is 45.0. The number of nitrogens with zero attached hydrogens (tertiary/aromatic N) is 3. The summed E-state index contributed by atoms with van der Waals surface area (Å²) in [5, 5.41) is -0.305. The van der Waals surface area contributed by atoms with E-state index in [0.29, 0.717) is 36.5 Å². The average molecular weight is 670 g/mol. The number of hydrogen-bond donors (Lipinski definition) is 0. The Morgan fingerprint density at radius 2 is 0.689 bits per heavy atom. The minimum Gasteiger partial charge on any atom is -0.496 e. The summed E-state index contributed by atoms with van der Waals surface area (Å²) in [6, 6.07) is 12.1. The van der Waals surface area contributed by atoms with Crippen molar-refractivity contribution in [3.8, 4) is 17.2 Å². The number of carbonyl (C=O) groups is 3. The quantitative estimate of drug-likeness (QED) is 0.199. The van der Waals surface area contributed by atoms with E-state index in [1.165, 1.54) is 14.7 Å². The molecule has 3 amide bonds. The van der Waals surface area contributed by atoms with Crippen molar-refractivity contribution in [1.82, 2.24) is 14.7 Å². The summed E-state index contributed by atoms with van der Waals surface area (Å²) in [7, 11) is 15.2. The van der Waals surface area contributed by atoms with Crippen LogP contribution >= 0.6 is 35.3 Å². The molecule has 3 aromatic rings. The first-order valence-corrected chi connectivity index (χ1v) is 16.6. The summed E-state index contributed by atoms with van der Waals surface area (Å²) in [6.45, 7) is 0. The minimum atomic E-state index is -0.102. The van der Waals surface area contributed by atoms with Crippen molar-refractivity contribution in [3.05, 3.63) is 69.8 Å². The van der Waals surface area contributed by atoms with Gasteiger partial charge in [0, 0.05) is 42.3 Å². The molecule has 0 fully saturated rings. The molecule has 12 heteroatoms. The second-order valence-electron chi connectivity index (χ2n) is 11.1. The molecule has 0 radical (unpaired) electrons. The van der Waals surface area contributed by atoms with Crippen LogP contribution in [0.15, 0.2) is 51.1 Å². The van der Waals surface area contributed by atoms with Crippen LogP contribution in [0.3, 0.4) is 0 Å². The second kappa shape index (κ2) is 14.7. The van der Waals surface area contributed by atoms with Crippen molar-refractivity contribution in [2.45, 2.75) is 33.9 Å². The normalized spacial score (nSPS) is 11.9. The number of rotatable bonds is 6.